The Labute approximate surface area is 272 Å². The van der Waals surface area contributed by atoms with E-state index >= 15 is 0 Å². The van der Waals surface area contributed by atoms with Crippen LogP contribution in [0.1, 0.15) is 82.9 Å². The summed E-state index contributed by atoms with van der Waals surface area (Å²) in [5.41, 5.74) is 1.26. The molecule has 2 heterocycles. The molecule has 2 aromatic carbocycles. The lowest BCUT2D eigenvalue weighted by Crippen LogP contribution is -2.46. The minimum absolute atomic E-state index is 0.0213. The number of ether oxygens (including phenoxy) is 3. The molecular formula is C36H49N3O7. The summed E-state index contributed by atoms with van der Waals surface area (Å²) >= 11 is 0. The van der Waals surface area contributed by atoms with Gasteiger partial charge in [-0.1, -0.05) is 42.5 Å². The average molecular weight is 636 g/mol. The van der Waals surface area contributed by atoms with Gasteiger partial charge in [-0.25, -0.2) is 4.79 Å². The zero-order valence-electron chi connectivity index (χ0n) is 27.7. The van der Waals surface area contributed by atoms with Crippen LogP contribution in [0.25, 0.3) is 0 Å². The van der Waals surface area contributed by atoms with E-state index in [0.29, 0.717) is 57.3 Å². The lowest BCUT2D eigenvalue weighted by Gasteiger charge is -2.35. The van der Waals surface area contributed by atoms with Gasteiger partial charge in [-0.2, -0.15) is 0 Å². The van der Waals surface area contributed by atoms with Crippen LogP contribution in [0.3, 0.4) is 0 Å². The van der Waals surface area contributed by atoms with Crippen molar-refractivity contribution in [2.24, 2.45) is 11.8 Å². The number of methoxy groups -OCH3 is 1. The summed E-state index contributed by atoms with van der Waals surface area (Å²) in [4.78, 5) is 55.0. The van der Waals surface area contributed by atoms with E-state index in [0.717, 1.165) is 36.8 Å². The Morgan fingerprint density at radius 3 is 2.37 bits per heavy atom. The fourth-order valence-corrected chi connectivity index (χ4v) is 5.99. The van der Waals surface area contributed by atoms with Crippen molar-refractivity contribution in [2.45, 2.75) is 84.0 Å². The SMILES string of the molecule is COC(=O)CC(NC(=O)C1CCCN(C(=O)CCC2CCN(C(=O)OC(C)(C)C)CC2)C1)c1cccc(OCc2ccccc2)c1. The summed E-state index contributed by atoms with van der Waals surface area (Å²) in [5.74, 6) is 0.0807. The van der Waals surface area contributed by atoms with Gasteiger partial charge in [0.25, 0.3) is 0 Å². The lowest BCUT2D eigenvalue weighted by atomic mass is 9.91. The molecule has 2 aliphatic heterocycles. The van der Waals surface area contributed by atoms with Crippen molar-refractivity contribution in [3.05, 3.63) is 65.7 Å². The minimum atomic E-state index is -0.599. The molecule has 0 aromatic heterocycles. The van der Waals surface area contributed by atoms with E-state index in [1.807, 2.05) is 75.4 Å². The maximum atomic E-state index is 13.5. The molecule has 0 radical (unpaired) electrons. The van der Waals surface area contributed by atoms with Crippen LogP contribution in [0.5, 0.6) is 5.75 Å². The molecule has 10 nitrogen and oxygen atoms in total. The van der Waals surface area contributed by atoms with Crippen molar-refractivity contribution in [3.63, 3.8) is 0 Å². The fraction of sp³-hybridized carbons (Fsp3) is 0.556. The predicted molar refractivity (Wildman–Crippen MR) is 174 cm³/mol. The van der Waals surface area contributed by atoms with Crippen molar-refractivity contribution in [1.82, 2.24) is 15.1 Å². The van der Waals surface area contributed by atoms with E-state index in [1.165, 1.54) is 7.11 Å². The number of rotatable bonds is 11. The number of nitrogens with zero attached hydrogens (tertiary/aromatic N) is 2. The Kier molecular flexibility index (Phi) is 12.5. The first kappa shape index (κ1) is 34.8. The first-order valence-electron chi connectivity index (χ1n) is 16.4. The van der Waals surface area contributed by atoms with Gasteiger partial charge in [-0.3, -0.25) is 14.4 Å². The minimum Gasteiger partial charge on any atom is -0.489 e. The third kappa shape index (κ3) is 10.8. The summed E-state index contributed by atoms with van der Waals surface area (Å²) in [7, 11) is 1.33. The van der Waals surface area contributed by atoms with E-state index in [-0.39, 0.29) is 30.2 Å². The number of hydrogen-bond acceptors (Lipinski definition) is 7. The Morgan fingerprint density at radius 1 is 0.935 bits per heavy atom. The molecule has 2 atom stereocenters. The summed E-state index contributed by atoms with van der Waals surface area (Å²) < 4.78 is 16.4. The molecule has 0 bridgehead atoms. The van der Waals surface area contributed by atoms with Crippen molar-refractivity contribution >= 4 is 23.9 Å². The highest BCUT2D eigenvalue weighted by Gasteiger charge is 2.32. The van der Waals surface area contributed by atoms with E-state index in [1.54, 1.807) is 9.80 Å². The molecule has 46 heavy (non-hydrogen) atoms. The first-order chi connectivity index (χ1) is 22.0. The Bertz CT molecular complexity index is 1320. The number of piperidine rings is 2. The summed E-state index contributed by atoms with van der Waals surface area (Å²) in [6.07, 6.45) is 3.98. The zero-order valence-corrected chi connectivity index (χ0v) is 27.7. The lowest BCUT2D eigenvalue weighted by molar-refractivity contribution is -0.141. The Morgan fingerprint density at radius 2 is 1.67 bits per heavy atom. The van der Waals surface area contributed by atoms with Gasteiger partial charge in [0.2, 0.25) is 11.8 Å². The number of benzene rings is 2. The van der Waals surface area contributed by atoms with E-state index < -0.39 is 17.6 Å². The second-order valence-corrected chi connectivity index (χ2v) is 13.3. The second-order valence-electron chi connectivity index (χ2n) is 13.3. The Hall–Kier alpha value is -4.08. The fourth-order valence-electron chi connectivity index (χ4n) is 5.99. The highest BCUT2D eigenvalue weighted by molar-refractivity contribution is 5.82. The van der Waals surface area contributed by atoms with E-state index in [9.17, 15) is 19.2 Å². The normalized spacial score (nSPS) is 18.0. The van der Waals surface area contributed by atoms with Gasteiger partial charge in [0, 0.05) is 32.6 Å². The number of nitrogens with one attached hydrogen (secondary N) is 1. The topological polar surface area (TPSA) is 114 Å². The zero-order chi connectivity index (χ0) is 33.1. The van der Waals surface area contributed by atoms with Crippen LogP contribution < -0.4 is 10.1 Å². The second kappa shape index (κ2) is 16.5. The van der Waals surface area contributed by atoms with Gasteiger partial charge >= 0.3 is 12.1 Å². The van der Waals surface area contributed by atoms with Gasteiger partial charge in [0.05, 0.1) is 25.5 Å². The molecule has 2 fully saturated rings. The smallest absolute Gasteiger partial charge is 0.410 e. The maximum Gasteiger partial charge on any atom is 0.410 e. The quantitative estimate of drug-likeness (QED) is 0.317. The maximum absolute atomic E-state index is 13.5. The molecule has 0 spiro atoms. The van der Waals surface area contributed by atoms with Crippen LogP contribution in [0.2, 0.25) is 0 Å². The average Bonchev–Trinajstić information content (AvgIpc) is 3.06. The molecule has 3 amide bonds. The number of likely N-dealkylation sites (tertiary alicyclic amines) is 2. The summed E-state index contributed by atoms with van der Waals surface area (Å²) in [6.45, 7) is 8.24. The van der Waals surface area contributed by atoms with Crippen molar-refractivity contribution in [3.8, 4) is 5.75 Å². The van der Waals surface area contributed by atoms with Crippen LogP contribution in [0.15, 0.2) is 54.6 Å². The largest absolute Gasteiger partial charge is 0.489 e. The molecule has 2 aromatic rings. The molecule has 2 aliphatic rings. The number of carbonyl (C=O) groups excluding carboxylic acids is 4. The molecule has 0 saturated carbocycles. The van der Waals surface area contributed by atoms with E-state index in [4.69, 9.17) is 14.2 Å². The predicted octanol–water partition coefficient (Wildman–Crippen LogP) is 5.65. The summed E-state index contributed by atoms with van der Waals surface area (Å²) in [6, 6.07) is 16.6. The number of amides is 3. The van der Waals surface area contributed by atoms with Gasteiger partial charge in [0.15, 0.2) is 0 Å². The van der Waals surface area contributed by atoms with Crippen molar-refractivity contribution in [2.75, 3.05) is 33.3 Å². The first-order valence-corrected chi connectivity index (χ1v) is 16.4. The van der Waals surface area contributed by atoms with Crippen LogP contribution in [0.4, 0.5) is 4.79 Å². The van der Waals surface area contributed by atoms with Crippen LogP contribution >= 0.6 is 0 Å². The van der Waals surface area contributed by atoms with Gasteiger partial charge < -0.3 is 29.3 Å². The van der Waals surface area contributed by atoms with E-state index in [2.05, 4.69) is 5.32 Å². The number of carbonyl (C=O) groups is 4. The highest BCUT2D eigenvalue weighted by Crippen LogP contribution is 2.27. The Balaban J connectivity index is 1.28. The highest BCUT2D eigenvalue weighted by atomic mass is 16.6. The van der Waals surface area contributed by atoms with Gasteiger partial charge in [-0.05, 0) is 82.1 Å². The molecule has 2 saturated heterocycles. The molecular weight excluding hydrogens is 586 g/mol. The molecule has 10 heteroatoms. The van der Waals surface area contributed by atoms with Crippen LogP contribution in [-0.2, 0) is 30.5 Å². The molecule has 2 unspecified atom stereocenters. The third-order valence-electron chi connectivity index (χ3n) is 8.60. The third-order valence-corrected chi connectivity index (χ3v) is 8.60. The number of esters is 1. The van der Waals surface area contributed by atoms with Crippen LogP contribution in [0, 0.1) is 11.8 Å². The van der Waals surface area contributed by atoms with Gasteiger partial charge in [-0.15, -0.1) is 0 Å². The standard InChI is InChI=1S/C36H49N3O7/c1-36(2,3)46-35(43)38-20-17-26(18-21-38)15-16-32(40)39-19-9-13-29(24-39)34(42)37-31(23-33(41)44-4)28-12-8-14-30(22-28)45-25-27-10-6-5-7-11-27/h5-8,10-12,14,22,26,29,31H,9,13,15-21,23-25H2,1-4H3,(H,37,42). The van der Waals surface area contributed by atoms with Crippen LogP contribution in [-0.4, -0.2) is 72.6 Å². The van der Waals surface area contributed by atoms with Crippen molar-refractivity contribution in [1.29, 1.82) is 0 Å². The van der Waals surface area contributed by atoms with Crippen molar-refractivity contribution < 1.29 is 33.4 Å². The summed E-state index contributed by atoms with van der Waals surface area (Å²) in [5, 5.41) is 3.06. The molecule has 0 aliphatic carbocycles. The monoisotopic (exact) mass is 635 g/mol. The number of hydrogen-bond donors (Lipinski definition) is 1. The van der Waals surface area contributed by atoms with Gasteiger partial charge in [0.1, 0.15) is 18.0 Å². The molecule has 1 N–H and O–H groups in total. The molecule has 4 rings (SSSR count). The molecule has 250 valence electrons.